The molecule has 0 aliphatic heterocycles. The average Bonchev–Trinajstić information content (AvgIpc) is 2.39. The Labute approximate surface area is 116 Å². The van der Waals surface area contributed by atoms with Crippen molar-refractivity contribution in [1.29, 1.82) is 0 Å². The van der Waals surface area contributed by atoms with Crippen LogP contribution >= 0.6 is 0 Å². The van der Waals surface area contributed by atoms with Gasteiger partial charge in [-0.3, -0.25) is 4.79 Å². The molecule has 0 aromatic rings. The third-order valence-electron chi connectivity index (χ3n) is 5.10. The SMILES string of the molecule is CCNC(=O)C1CC(C)(F)CCC1C1CCCCC1. The fourth-order valence-corrected chi connectivity index (χ4v) is 4.10. The van der Waals surface area contributed by atoms with Gasteiger partial charge in [-0.1, -0.05) is 32.1 Å². The van der Waals surface area contributed by atoms with Crippen molar-refractivity contribution in [2.45, 2.75) is 70.9 Å². The monoisotopic (exact) mass is 269 g/mol. The lowest BCUT2D eigenvalue weighted by Gasteiger charge is -2.42. The summed E-state index contributed by atoms with van der Waals surface area (Å²) in [6.45, 7) is 4.25. The van der Waals surface area contributed by atoms with Crippen molar-refractivity contribution in [2.75, 3.05) is 6.54 Å². The maximum absolute atomic E-state index is 14.3. The summed E-state index contributed by atoms with van der Waals surface area (Å²) < 4.78 is 14.3. The maximum atomic E-state index is 14.3. The molecule has 2 fully saturated rings. The van der Waals surface area contributed by atoms with E-state index in [9.17, 15) is 9.18 Å². The molecule has 2 rings (SSSR count). The zero-order chi connectivity index (χ0) is 13.9. The maximum Gasteiger partial charge on any atom is 0.223 e. The van der Waals surface area contributed by atoms with E-state index < -0.39 is 5.67 Å². The van der Waals surface area contributed by atoms with E-state index in [-0.39, 0.29) is 11.8 Å². The van der Waals surface area contributed by atoms with Crippen molar-refractivity contribution in [3.05, 3.63) is 0 Å². The Morgan fingerprint density at radius 2 is 1.95 bits per heavy atom. The fraction of sp³-hybridized carbons (Fsp3) is 0.938. The Morgan fingerprint density at radius 1 is 1.26 bits per heavy atom. The van der Waals surface area contributed by atoms with Crippen LogP contribution in [0.15, 0.2) is 0 Å². The van der Waals surface area contributed by atoms with Crippen molar-refractivity contribution in [2.24, 2.45) is 17.8 Å². The van der Waals surface area contributed by atoms with Gasteiger partial charge in [-0.25, -0.2) is 4.39 Å². The topological polar surface area (TPSA) is 29.1 Å². The summed E-state index contributed by atoms with van der Waals surface area (Å²) in [6.07, 6.45) is 8.32. The molecular weight excluding hydrogens is 241 g/mol. The van der Waals surface area contributed by atoms with Gasteiger partial charge in [-0.15, -0.1) is 0 Å². The van der Waals surface area contributed by atoms with E-state index in [4.69, 9.17) is 0 Å². The molecule has 0 radical (unpaired) electrons. The smallest absolute Gasteiger partial charge is 0.223 e. The number of rotatable bonds is 3. The van der Waals surface area contributed by atoms with E-state index in [1.807, 2.05) is 6.92 Å². The first-order chi connectivity index (χ1) is 9.03. The lowest BCUT2D eigenvalue weighted by atomic mass is 9.64. The Morgan fingerprint density at radius 3 is 2.58 bits per heavy atom. The standard InChI is InChI=1S/C16H28FNO/c1-3-18-15(19)14-11-16(2,17)10-9-13(14)12-7-5-4-6-8-12/h12-14H,3-11H2,1-2H3,(H,18,19). The van der Waals surface area contributed by atoms with Crippen LogP contribution in [0.2, 0.25) is 0 Å². The summed E-state index contributed by atoms with van der Waals surface area (Å²) in [5.74, 6) is 1.04. The highest BCUT2D eigenvalue weighted by molar-refractivity contribution is 5.79. The van der Waals surface area contributed by atoms with Crippen LogP contribution in [-0.2, 0) is 4.79 Å². The van der Waals surface area contributed by atoms with Gasteiger partial charge in [0.2, 0.25) is 5.91 Å². The summed E-state index contributed by atoms with van der Waals surface area (Å²) in [4.78, 5) is 12.3. The van der Waals surface area contributed by atoms with E-state index in [2.05, 4.69) is 5.32 Å². The molecule has 0 aromatic carbocycles. The summed E-state index contributed by atoms with van der Waals surface area (Å²) in [5, 5.41) is 2.92. The van der Waals surface area contributed by atoms with Crippen LogP contribution in [0.5, 0.6) is 0 Å². The quantitative estimate of drug-likeness (QED) is 0.828. The largest absolute Gasteiger partial charge is 0.356 e. The zero-order valence-corrected chi connectivity index (χ0v) is 12.4. The molecule has 3 unspecified atom stereocenters. The number of halogens is 1. The number of hydrogen-bond acceptors (Lipinski definition) is 1. The second-order valence-electron chi connectivity index (χ2n) is 6.72. The third-order valence-corrected chi connectivity index (χ3v) is 5.10. The highest BCUT2D eigenvalue weighted by Gasteiger charge is 2.44. The minimum absolute atomic E-state index is 0.0849. The van der Waals surface area contributed by atoms with Gasteiger partial charge >= 0.3 is 0 Å². The molecule has 19 heavy (non-hydrogen) atoms. The van der Waals surface area contributed by atoms with Gasteiger partial charge < -0.3 is 5.32 Å². The van der Waals surface area contributed by atoms with Crippen LogP contribution in [-0.4, -0.2) is 18.1 Å². The molecule has 2 aliphatic carbocycles. The number of carbonyl (C=O) groups is 1. The first-order valence-electron chi connectivity index (χ1n) is 8.00. The molecule has 3 atom stereocenters. The van der Waals surface area contributed by atoms with Gasteiger partial charge in [-0.2, -0.15) is 0 Å². The number of alkyl halides is 1. The minimum atomic E-state index is -1.15. The van der Waals surface area contributed by atoms with E-state index in [1.165, 1.54) is 32.1 Å². The zero-order valence-electron chi connectivity index (χ0n) is 12.4. The predicted octanol–water partition coefficient (Wildman–Crippen LogP) is 3.85. The molecule has 110 valence electrons. The van der Waals surface area contributed by atoms with Crippen molar-refractivity contribution in [3.8, 4) is 0 Å². The normalized spacial score (nSPS) is 37.0. The van der Waals surface area contributed by atoms with Crippen molar-refractivity contribution >= 4 is 5.91 Å². The average molecular weight is 269 g/mol. The molecular formula is C16H28FNO. The van der Waals surface area contributed by atoms with E-state index in [0.717, 1.165) is 6.42 Å². The summed E-state index contributed by atoms with van der Waals surface area (Å²) in [7, 11) is 0. The second kappa shape index (κ2) is 6.23. The van der Waals surface area contributed by atoms with Crippen LogP contribution in [0.4, 0.5) is 4.39 Å². The first-order valence-corrected chi connectivity index (χ1v) is 8.00. The predicted molar refractivity (Wildman–Crippen MR) is 75.6 cm³/mol. The molecule has 0 bridgehead atoms. The highest BCUT2D eigenvalue weighted by atomic mass is 19.1. The summed E-state index contributed by atoms with van der Waals surface area (Å²) in [5.41, 5.74) is -1.15. The van der Waals surface area contributed by atoms with Crippen molar-refractivity contribution < 1.29 is 9.18 Å². The summed E-state index contributed by atoms with van der Waals surface area (Å²) >= 11 is 0. The van der Waals surface area contributed by atoms with E-state index in [0.29, 0.717) is 31.2 Å². The third kappa shape index (κ3) is 3.70. The van der Waals surface area contributed by atoms with Gasteiger partial charge in [0, 0.05) is 12.5 Å². The van der Waals surface area contributed by atoms with Gasteiger partial charge in [0.25, 0.3) is 0 Å². The lowest BCUT2D eigenvalue weighted by molar-refractivity contribution is -0.131. The van der Waals surface area contributed by atoms with Crippen LogP contribution < -0.4 is 5.32 Å². The molecule has 2 aliphatic rings. The number of hydrogen-bond donors (Lipinski definition) is 1. The van der Waals surface area contributed by atoms with Crippen molar-refractivity contribution in [1.82, 2.24) is 5.32 Å². The van der Waals surface area contributed by atoms with Gasteiger partial charge in [0.05, 0.1) is 0 Å². The van der Waals surface area contributed by atoms with Crippen LogP contribution in [0.1, 0.15) is 65.2 Å². The molecule has 0 aromatic heterocycles. The molecule has 1 amide bonds. The Balaban J connectivity index is 2.07. The van der Waals surface area contributed by atoms with Crippen LogP contribution in [0.25, 0.3) is 0 Å². The van der Waals surface area contributed by atoms with E-state index in [1.54, 1.807) is 6.92 Å². The molecule has 0 saturated heterocycles. The fourth-order valence-electron chi connectivity index (χ4n) is 4.10. The Hall–Kier alpha value is -0.600. The number of nitrogens with one attached hydrogen (secondary N) is 1. The lowest BCUT2D eigenvalue weighted by Crippen LogP contribution is -2.45. The van der Waals surface area contributed by atoms with Crippen LogP contribution in [0, 0.1) is 17.8 Å². The Bertz CT molecular complexity index is 310. The molecule has 3 heteroatoms. The molecule has 2 nitrogen and oxygen atoms in total. The highest BCUT2D eigenvalue weighted by Crippen LogP contribution is 2.45. The van der Waals surface area contributed by atoms with Gasteiger partial charge in [0.15, 0.2) is 0 Å². The first kappa shape index (κ1) is 14.8. The van der Waals surface area contributed by atoms with E-state index >= 15 is 0 Å². The van der Waals surface area contributed by atoms with Gasteiger partial charge in [-0.05, 0) is 44.9 Å². The molecule has 0 spiro atoms. The molecule has 1 N–H and O–H groups in total. The second-order valence-corrected chi connectivity index (χ2v) is 6.72. The molecule has 0 heterocycles. The summed E-state index contributed by atoms with van der Waals surface area (Å²) in [6, 6.07) is 0. The minimum Gasteiger partial charge on any atom is -0.356 e. The molecule has 2 saturated carbocycles. The van der Waals surface area contributed by atoms with Crippen LogP contribution in [0.3, 0.4) is 0 Å². The van der Waals surface area contributed by atoms with Gasteiger partial charge in [0.1, 0.15) is 5.67 Å². The Kier molecular flexibility index (Phi) is 4.86. The number of carbonyl (C=O) groups excluding carboxylic acids is 1. The number of amides is 1. The van der Waals surface area contributed by atoms with Crippen molar-refractivity contribution in [3.63, 3.8) is 0 Å².